The Morgan fingerprint density at radius 2 is 1.00 bits per heavy atom. The van der Waals surface area contributed by atoms with Gasteiger partial charge >= 0.3 is 11.9 Å². The molecule has 9 nitrogen and oxygen atoms in total. The van der Waals surface area contributed by atoms with Crippen LogP contribution in [0.15, 0.2) is 140 Å². The van der Waals surface area contributed by atoms with Crippen LogP contribution in [0.5, 0.6) is 23.0 Å². The van der Waals surface area contributed by atoms with Crippen LogP contribution >= 0.6 is 0 Å². The number of benzene rings is 6. The Balaban J connectivity index is 0.000000163. The van der Waals surface area contributed by atoms with Gasteiger partial charge in [0.05, 0.1) is 35.5 Å². The van der Waals surface area contributed by atoms with Gasteiger partial charge in [-0.15, -0.1) is 0 Å². The summed E-state index contributed by atoms with van der Waals surface area (Å²) in [6.45, 7) is 17.9. The molecule has 1 aliphatic carbocycles. The lowest BCUT2D eigenvalue weighted by molar-refractivity contribution is 0.0455. The molecule has 1 atom stereocenters. The number of hydrogen-bond donors (Lipinski definition) is 1. The largest absolute Gasteiger partial charge is 0.491 e. The van der Waals surface area contributed by atoms with Crippen molar-refractivity contribution in [1.82, 2.24) is 0 Å². The molecule has 1 aliphatic heterocycles. The van der Waals surface area contributed by atoms with Crippen molar-refractivity contribution in [2.24, 2.45) is 0 Å². The zero-order valence-electron chi connectivity index (χ0n) is 37.6. The zero-order valence-corrected chi connectivity index (χ0v) is 37.6. The molecule has 1 N–H and O–H groups in total. The molecule has 1 unspecified atom stereocenters. The van der Waals surface area contributed by atoms with Crippen molar-refractivity contribution in [3.8, 4) is 23.0 Å². The van der Waals surface area contributed by atoms with E-state index < -0.39 is 5.97 Å². The highest BCUT2D eigenvalue weighted by Crippen LogP contribution is 2.38. The van der Waals surface area contributed by atoms with Crippen molar-refractivity contribution in [3.05, 3.63) is 190 Å². The van der Waals surface area contributed by atoms with Crippen molar-refractivity contribution in [2.75, 3.05) is 0 Å². The Morgan fingerprint density at radius 3 is 1.56 bits per heavy atom. The number of carboxylic acids is 1. The summed E-state index contributed by atoms with van der Waals surface area (Å²) in [5, 5.41) is 8.62. The summed E-state index contributed by atoms with van der Waals surface area (Å²) < 4.78 is 27.7. The van der Waals surface area contributed by atoms with Gasteiger partial charge in [0, 0.05) is 16.7 Å². The standard InChI is InChI=1S/C17H16O3.C17H16O2.C10H12O3.C10H14O/c1-11(2)19-13-8-9-14-15(10-13)16(20-17(14)18)12-6-4-3-5-7-12;1-11(2)19-14-7-8-16-13(10-14)9-12-5-3-4-6-15(12)17(16)18;1-7(2)13-9-5-3-8(4-6-9)10(11)12;1-8(2)11-10-6-4-9(3)5-7-10/h3-11,16H,1-2H3;3-8,10-11H,9H2,1-2H3;3-7H,1-2H3,(H,11,12);4-8H,1-3H3. The first kappa shape index (κ1) is 47.2. The predicted octanol–water partition coefficient (Wildman–Crippen LogP) is 12.3. The third kappa shape index (κ3) is 13.8. The summed E-state index contributed by atoms with van der Waals surface area (Å²) in [5.41, 5.74) is 7.79. The second kappa shape index (κ2) is 22.3. The molecule has 328 valence electrons. The smallest absolute Gasteiger partial charge is 0.339 e. The Hall–Kier alpha value is -6.87. The van der Waals surface area contributed by atoms with Crippen LogP contribution in [0.25, 0.3) is 0 Å². The molecule has 0 bridgehead atoms. The molecule has 0 saturated carbocycles. The summed E-state index contributed by atoms with van der Waals surface area (Å²) in [4.78, 5) is 34.8. The van der Waals surface area contributed by atoms with Crippen LogP contribution in [0.3, 0.4) is 0 Å². The summed E-state index contributed by atoms with van der Waals surface area (Å²) in [6.07, 6.45) is 1.07. The molecule has 0 fully saturated rings. The van der Waals surface area contributed by atoms with E-state index in [4.69, 9.17) is 28.8 Å². The quantitative estimate of drug-likeness (QED) is 0.134. The first-order valence-corrected chi connectivity index (χ1v) is 21.3. The molecule has 0 radical (unpaired) electrons. The van der Waals surface area contributed by atoms with Crippen LogP contribution in [0.1, 0.15) is 126 Å². The third-order valence-corrected chi connectivity index (χ3v) is 9.43. The Morgan fingerprint density at radius 1 is 0.540 bits per heavy atom. The maximum Gasteiger partial charge on any atom is 0.339 e. The summed E-state index contributed by atoms with van der Waals surface area (Å²) in [5.74, 6) is 2.17. The van der Waals surface area contributed by atoms with Gasteiger partial charge in [0.15, 0.2) is 11.9 Å². The van der Waals surface area contributed by atoms with E-state index in [1.807, 2.05) is 152 Å². The fraction of sp³-hybridized carbons (Fsp3) is 0.278. The first-order chi connectivity index (χ1) is 30.1. The van der Waals surface area contributed by atoms with E-state index in [9.17, 15) is 14.4 Å². The number of aryl methyl sites for hydroxylation is 1. The Labute approximate surface area is 371 Å². The normalized spacial score (nSPS) is 13.2. The average Bonchev–Trinajstić information content (AvgIpc) is 3.57. The summed E-state index contributed by atoms with van der Waals surface area (Å²) in [7, 11) is 0. The molecule has 2 aliphatic rings. The fourth-order valence-corrected chi connectivity index (χ4v) is 6.77. The Bertz CT molecular complexity index is 2430. The van der Waals surface area contributed by atoms with E-state index in [2.05, 4.69) is 19.1 Å². The number of ether oxygens (including phenoxy) is 5. The first-order valence-electron chi connectivity index (χ1n) is 21.3. The number of aromatic carboxylic acids is 1. The maximum atomic E-state index is 12.4. The highest BCUT2D eigenvalue weighted by molar-refractivity contribution is 6.12. The van der Waals surface area contributed by atoms with Gasteiger partial charge in [-0.05, 0) is 158 Å². The third-order valence-electron chi connectivity index (χ3n) is 9.43. The fourth-order valence-electron chi connectivity index (χ4n) is 6.77. The minimum Gasteiger partial charge on any atom is -0.491 e. The lowest BCUT2D eigenvalue weighted by atomic mass is 9.85. The van der Waals surface area contributed by atoms with E-state index >= 15 is 0 Å². The molecule has 0 spiro atoms. The van der Waals surface area contributed by atoms with Crippen molar-refractivity contribution in [3.63, 3.8) is 0 Å². The lowest BCUT2D eigenvalue weighted by Crippen LogP contribution is -2.15. The zero-order chi connectivity index (χ0) is 45.6. The van der Waals surface area contributed by atoms with Crippen LogP contribution in [-0.2, 0) is 11.2 Å². The van der Waals surface area contributed by atoms with Gasteiger partial charge in [-0.25, -0.2) is 9.59 Å². The molecule has 6 aromatic rings. The van der Waals surface area contributed by atoms with E-state index in [1.165, 1.54) is 17.7 Å². The molecule has 1 heterocycles. The topological polar surface area (TPSA) is 118 Å². The van der Waals surface area contributed by atoms with Gasteiger partial charge in [0.1, 0.15) is 23.0 Å². The molecule has 63 heavy (non-hydrogen) atoms. The van der Waals surface area contributed by atoms with Gasteiger partial charge in [-0.1, -0.05) is 72.3 Å². The average molecular weight is 851 g/mol. The molecule has 9 heteroatoms. The molecule has 0 aromatic heterocycles. The minimum atomic E-state index is -0.920. The van der Waals surface area contributed by atoms with Gasteiger partial charge in [-0.3, -0.25) is 4.79 Å². The van der Waals surface area contributed by atoms with Crippen LogP contribution in [0, 0.1) is 6.92 Å². The molecule has 0 amide bonds. The van der Waals surface area contributed by atoms with Gasteiger partial charge in [0.2, 0.25) is 0 Å². The van der Waals surface area contributed by atoms with Crippen LogP contribution in [-0.4, -0.2) is 47.2 Å². The molecule has 6 aromatic carbocycles. The number of cyclic esters (lactones) is 1. The molecule has 0 saturated heterocycles. The monoisotopic (exact) mass is 850 g/mol. The van der Waals surface area contributed by atoms with Crippen LogP contribution < -0.4 is 18.9 Å². The minimum absolute atomic E-state index is 0.0984. The second-order valence-electron chi connectivity index (χ2n) is 16.2. The van der Waals surface area contributed by atoms with Gasteiger partial charge in [-0.2, -0.15) is 0 Å². The van der Waals surface area contributed by atoms with Crippen molar-refractivity contribution in [1.29, 1.82) is 0 Å². The van der Waals surface area contributed by atoms with Crippen molar-refractivity contribution in [2.45, 2.75) is 99.3 Å². The Kier molecular flexibility index (Phi) is 16.7. The molecular formula is C54H58O9. The van der Waals surface area contributed by atoms with Crippen LogP contribution in [0.2, 0.25) is 0 Å². The number of hydrogen-bond acceptors (Lipinski definition) is 8. The highest BCUT2D eigenvalue weighted by Gasteiger charge is 2.32. The number of carbonyl (C=O) groups is 3. The maximum absolute atomic E-state index is 12.4. The van der Waals surface area contributed by atoms with Crippen molar-refractivity contribution < 1.29 is 43.2 Å². The summed E-state index contributed by atoms with van der Waals surface area (Å²) >= 11 is 0. The van der Waals surface area contributed by atoms with E-state index in [0.29, 0.717) is 11.3 Å². The summed E-state index contributed by atoms with van der Waals surface area (Å²) in [6, 6.07) is 43.3. The SMILES string of the molecule is CC(C)Oc1ccc(C(=O)O)cc1.CC(C)Oc1ccc2c(c1)C(c1ccccc1)OC2=O.CC(C)Oc1ccc2c(c1)Cc1ccccc1C2=O.Cc1ccc(OC(C)C)cc1. The number of carbonyl (C=O) groups excluding carboxylic acids is 2. The number of ketones is 1. The van der Waals surface area contributed by atoms with E-state index in [1.54, 1.807) is 18.2 Å². The van der Waals surface area contributed by atoms with Gasteiger partial charge in [0.25, 0.3) is 0 Å². The second-order valence-corrected chi connectivity index (χ2v) is 16.2. The van der Waals surface area contributed by atoms with Crippen molar-refractivity contribution >= 4 is 17.7 Å². The van der Waals surface area contributed by atoms with Crippen LogP contribution in [0.4, 0.5) is 0 Å². The lowest BCUT2D eigenvalue weighted by Gasteiger charge is -2.19. The number of fused-ring (bicyclic) bond motifs is 3. The van der Waals surface area contributed by atoms with E-state index in [0.717, 1.165) is 57.1 Å². The van der Waals surface area contributed by atoms with Gasteiger partial charge < -0.3 is 28.8 Å². The van der Waals surface area contributed by atoms with E-state index in [-0.39, 0.29) is 47.8 Å². The number of esters is 1. The predicted molar refractivity (Wildman–Crippen MR) is 247 cm³/mol. The number of carboxylic acid groups (broad SMARTS) is 1. The number of rotatable bonds is 10. The molecular weight excluding hydrogens is 793 g/mol. The molecule has 8 rings (SSSR count). The highest BCUT2D eigenvalue weighted by atomic mass is 16.5.